The molecule has 10 nitrogen and oxygen atoms in total. The Balaban J connectivity index is 2.52. The van der Waals surface area contributed by atoms with Gasteiger partial charge < -0.3 is 50.0 Å². The van der Waals surface area contributed by atoms with Gasteiger partial charge in [-0.15, -0.1) is 0 Å². The smallest absolute Gasteiger partial charge is 0.186 e. The van der Waals surface area contributed by atoms with E-state index in [0.29, 0.717) is 0 Å². The van der Waals surface area contributed by atoms with Crippen molar-refractivity contribution >= 4 is 6.29 Å². The van der Waals surface area contributed by atoms with E-state index in [1.807, 2.05) is 0 Å². The van der Waals surface area contributed by atoms with Crippen molar-refractivity contribution in [1.29, 1.82) is 0 Å². The highest BCUT2D eigenvalue weighted by molar-refractivity contribution is 5.56. The van der Waals surface area contributed by atoms with Gasteiger partial charge in [0.05, 0.1) is 12.7 Å². The van der Waals surface area contributed by atoms with Crippen LogP contribution in [0.25, 0.3) is 0 Å². The lowest BCUT2D eigenvalue weighted by Gasteiger charge is -2.39. The molecule has 0 aliphatic carbocycles. The van der Waals surface area contributed by atoms with E-state index in [9.17, 15) is 35.4 Å². The summed E-state index contributed by atoms with van der Waals surface area (Å²) in [5.74, 6) is 0. The molecular formula is C12H22O10. The van der Waals surface area contributed by atoms with Crippen molar-refractivity contribution in [3.63, 3.8) is 0 Å². The van der Waals surface area contributed by atoms with E-state index in [4.69, 9.17) is 14.6 Å². The fourth-order valence-corrected chi connectivity index (χ4v) is 1.95. The highest BCUT2D eigenvalue weighted by Crippen LogP contribution is 2.22. The van der Waals surface area contributed by atoms with Crippen molar-refractivity contribution in [2.45, 2.75) is 62.0 Å². The maximum absolute atomic E-state index is 10.3. The van der Waals surface area contributed by atoms with Crippen molar-refractivity contribution in [3.8, 4) is 0 Å². The monoisotopic (exact) mass is 326 g/mol. The standard InChI is InChI=1S/C12H22O10/c1-4-7(16)10(19)11(20)12(22-4)21-3-6(15)9(18)8(17)5(14)2-13/h2,4-12,14-20H,3H2,1H3/t4-,5+,6+,7-,8+,9+,10+,11+,12+/m0/s1. The van der Waals surface area contributed by atoms with E-state index >= 15 is 0 Å². The average Bonchev–Trinajstić information content (AvgIpc) is 2.52. The van der Waals surface area contributed by atoms with Gasteiger partial charge in [-0.2, -0.15) is 0 Å². The lowest BCUT2D eigenvalue weighted by Crippen LogP contribution is -2.58. The van der Waals surface area contributed by atoms with Crippen LogP contribution in [0.15, 0.2) is 0 Å². The Hall–Kier alpha value is -0.690. The van der Waals surface area contributed by atoms with Gasteiger partial charge in [0.25, 0.3) is 0 Å². The van der Waals surface area contributed by atoms with E-state index in [1.54, 1.807) is 0 Å². The zero-order chi connectivity index (χ0) is 17.0. The number of hydrogen-bond donors (Lipinski definition) is 7. The Bertz CT molecular complexity index is 353. The molecule has 0 aromatic carbocycles. The maximum atomic E-state index is 10.3. The topological polar surface area (TPSA) is 177 Å². The molecule has 1 aliphatic rings. The minimum absolute atomic E-state index is 0.00507. The Morgan fingerprint density at radius 3 is 2.18 bits per heavy atom. The molecule has 0 saturated carbocycles. The Kier molecular flexibility index (Phi) is 7.25. The Morgan fingerprint density at radius 1 is 1.05 bits per heavy atom. The molecule has 0 unspecified atom stereocenters. The van der Waals surface area contributed by atoms with E-state index in [-0.39, 0.29) is 6.29 Å². The summed E-state index contributed by atoms with van der Waals surface area (Å²) < 4.78 is 10.1. The van der Waals surface area contributed by atoms with E-state index < -0.39 is 61.7 Å². The molecule has 130 valence electrons. The van der Waals surface area contributed by atoms with Crippen molar-refractivity contribution in [3.05, 3.63) is 0 Å². The second-order valence-electron chi connectivity index (χ2n) is 5.19. The second kappa shape index (κ2) is 8.24. The van der Waals surface area contributed by atoms with Crippen LogP contribution in [0.3, 0.4) is 0 Å². The number of carbonyl (C=O) groups excluding carboxylic acids is 1. The van der Waals surface area contributed by atoms with Crippen molar-refractivity contribution < 1.29 is 50.0 Å². The second-order valence-corrected chi connectivity index (χ2v) is 5.19. The molecule has 0 radical (unpaired) electrons. The first kappa shape index (κ1) is 19.4. The highest BCUT2D eigenvalue weighted by Gasteiger charge is 2.43. The summed E-state index contributed by atoms with van der Waals surface area (Å²) >= 11 is 0. The van der Waals surface area contributed by atoms with Gasteiger partial charge in [0, 0.05) is 0 Å². The lowest BCUT2D eigenvalue weighted by molar-refractivity contribution is -0.299. The molecule has 22 heavy (non-hydrogen) atoms. The zero-order valence-corrected chi connectivity index (χ0v) is 11.8. The predicted octanol–water partition coefficient (Wildman–Crippen LogP) is -4.53. The third-order valence-electron chi connectivity index (χ3n) is 3.47. The molecule has 1 fully saturated rings. The van der Waals surface area contributed by atoms with E-state index in [0.717, 1.165) is 0 Å². The predicted molar refractivity (Wildman–Crippen MR) is 68.4 cm³/mol. The van der Waals surface area contributed by atoms with Gasteiger partial charge in [-0.25, -0.2) is 0 Å². The van der Waals surface area contributed by atoms with Crippen LogP contribution in [-0.4, -0.2) is 104 Å². The summed E-state index contributed by atoms with van der Waals surface area (Å²) in [7, 11) is 0. The summed E-state index contributed by atoms with van der Waals surface area (Å²) in [5.41, 5.74) is 0. The number of aliphatic hydroxyl groups is 7. The average molecular weight is 326 g/mol. The molecule has 7 N–H and O–H groups in total. The molecule has 9 atom stereocenters. The van der Waals surface area contributed by atoms with Crippen LogP contribution in [0.4, 0.5) is 0 Å². The van der Waals surface area contributed by atoms with Crippen molar-refractivity contribution in [1.82, 2.24) is 0 Å². The summed E-state index contributed by atoms with van der Waals surface area (Å²) in [4.78, 5) is 10.3. The zero-order valence-electron chi connectivity index (χ0n) is 11.8. The third kappa shape index (κ3) is 4.41. The maximum Gasteiger partial charge on any atom is 0.186 e. The molecule has 1 aliphatic heterocycles. The van der Waals surface area contributed by atoms with Crippen LogP contribution in [0.5, 0.6) is 0 Å². The minimum atomic E-state index is -1.92. The SMILES string of the molecule is C[C@@H]1O[C@@H](OC[C@@H](O)[C@@H](O)[C@H](O)[C@H](O)C=O)[C@H](O)[C@H](O)[C@H]1O. The van der Waals surface area contributed by atoms with Crippen LogP contribution >= 0.6 is 0 Å². The van der Waals surface area contributed by atoms with Gasteiger partial charge in [0.2, 0.25) is 0 Å². The van der Waals surface area contributed by atoms with Crippen LogP contribution in [0.1, 0.15) is 6.92 Å². The number of ether oxygens (including phenoxy) is 2. The number of aldehydes is 1. The Morgan fingerprint density at radius 2 is 1.64 bits per heavy atom. The normalized spacial score (nSPS) is 38.1. The molecule has 1 rings (SSSR count). The molecule has 10 heteroatoms. The highest BCUT2D eigenvalue weighted by atomic mass is 16.7. The number of rotatable bonds is 7. The quantitative estimate of drug-likeness (QED) is 0.225. The largest absolute Gasteiger partial charge is 0.388 e. The molecule has 0 spiro atoms. The first-order valence-electron chi connectivity index (χ1n) is 6.69. The van der Waals surface area contributed by atoms with E-state index in [1.165, 1.54) is 6.92 Å². The summed E-state index contributed by atoms with van der Waals surface area (Å²) in [6, 6.07) is 0. The number of carbonyl (C=O) groups is 1. The van der Waals surface area contributed by atoms with Gasteiger partial charge in [-0.3, -0.25) is 0 Å². The molecule has 1 saturated heterocycles. The van der Waals surface area contributed by atoms with Gasteiger partial charge >= 0.3 is 0 Å². The molecule has 0 amide bonds. The molecular weight excluding hydrogens is 304 g/mol. The Labute approximate surface area is 126 Å². The summed E-state index contributed by atoms with van der Waals surface area (Å²) in [5, 5.41) is 66.3. The summed E-state index contributed by atoms with van der Waals surface area (Å²) in [6.45, 7) is 0.812. The molecule has 0 bridgehead atoms. The summed E-state index contributed by atoms with van der Waals surface area (Å²) in [6.07, 6.45) is -14.0. The number of aliphatic hydroxyl groups excluding tert-OH is 7. The molecule has 0 aromatic rings. The molecule has 0 aromatic heterocycles. The van der Waals surface area contributed by atoms with E-state index in [2.05, 4.69) is 0 Å². The third-order valence-corrected chi connectivity index (χ3v) is 3.47. The van der Waals surface area contributed by atoms with Crippen LogP contribution in [0.2, 0.25) is 0 Å². The molecule has 1 heterocycles. The van der Waals surface area contributed by atoms with Gasteiger partial charge in [0.1, 0.15) is 42.7 Å². The minimum Gasteiger partial charge on any atom is -0.388 e. The lowest BCUT2D eigenvalue weighted by atomic mass is 10.00. The first-order chi connectivity index (χ1) is 10.2. The fourth-order valence-electron chi connectivity index (χ4n) is 1.95. The first-order valence-corrected chi connectivity index (χ1v) is 6.69. The van der Waals surface area contributed by atoms with Gasteiger partial charge in [0.15, 0.2) is 12.6 Å². The van der Waals surface area contributed by atoms with Crippen LogP contribution < -0.4 is 0 Å². The fraction of sp³-hybridized carbons (Fsp3) is 0.917. The van der Waals surface area contributed by atoms with Gasteiger partial charge in [-0.1, -0.05) is 0 Å². The van der Waals surface area contributed by atoms with Crippen molar-refractivity contribution in [2.24, 2.45) is 0 Å². The van der Waals surface area contributed by atoms with Gasteiger partial charge in [-0.05, 0) is 6.92 Å². The number of hydrogen-bond acceptors (Lipinski definition) is 10. The van der Waals surface area contributed by atoms with Crippen LogP contribution in [-0.2, 0) is 14.3 Å². The van der Waals surface area contributed by atoms with Crippen LogP contribution in [0, 0.1) is 0 Å². The van der Waals surface area contributed by atoms with Crippen molar-refractivity contribution in [2.75, 3.05) is 6.61 Å².